The first-order chi connectivity index (χ1) is 9.70. The van der Waals surface area contributed by atoms with E-state index in [4.69, 9.17) is 0 Å². The van der Waals surface area contributed by atoms with Crippen molar-refractivity contribution in [2.75, 3.05) is 32.7 Å². The first-order valence-corrected chi connectivity index (χ1v) is 7.94. The molecule has 5 heteroatoms. The summed E-state index contributed by atoms with van der Waals surface area (Å²) in [5.41, 5.74) is 0. The van der Waals surface area contributed by atoms with Crippen molar-refractivity contribution >= 4 is 17.2 Å². The quantitative estimate of drug-likeness (QED) is 0.809. The van der Waals surface area contributed by atoms with E-state index in [0.717, 1.165) is 19.6 Å². The van der Waals surface area contributed by atoms with Crippen LogP contribution in [-0.2, 0) is 11.3 Å². The van der Waals surface area contributed by atoms with Gasteiger partial charge in [-0.2, -0.15) is 0 Å². The molecule has 1 amide bonds. The maximum atomic E-state index is 12.5. The van der Waals surface area contributed by atoms with Crippen LogP contribution >= 0.6 is 11.3 Å². The highest BCUT2D eigenvalue weighted by atomic mass is 32.1. The zero-order chi connectivity index (χ0) is 14.4. The van der Waals surface area contributed by atoms with E-state index in [1.54, 1.807) is 17.4 Å². The molecule has 110 valence electrons. The summed E-state index contributed by atoms with van der Waals surface area (Å²) >= 11 is 1.69. The van der Waals surface area contributed by atoms with Gasteiger partial charge in [-0.15, -0.1) is 17.9 Å². The molecule has 1 atom stereocenters. The van der Waals surface area contributed by atoms with Crippen molar-refractivity contribution in [1.82, 2.24) is 15.1 Å². The molecule has 1 aliphatic heterocycles. The van der Waals surface area contributed by atoms with Crippen LogP contribution in [0.15, 0.2) is 30.2 Å². The molecule has 2 heterocycles. The maximum absolute atomic E-state index is 12.5. The first-order valence-electron chi connectivity index (χ1n) is 7.06. The lowest BCUT2D eigenvalue weighted by molar-refractivity contribution is -0.133. The Hall–Kier alpha value is -1.17. The Morgan fingerprint density at radius 1 is 1.70 bits per heavy atom. The van der Waals surface area contributed by atoms with E-state index >= 15 is 0 Å². The fourth-order valence-corrected chi connectivity index (χ4v) is 3.11. The van der Waals surface area contributed by atoms with Crippen LogP contribution in [0.3, 0.4) is 0 Å². The van der Waals surface area contributed by atoms with Gasteiger partial charge in [0.1, 0.15) is 0 Å². The topological polar surface area (TPSA) is 35.6 Å². The average molecular weight is 293 g/mol. The van der Waals surface area contributed by atoms with Gasteiger partial charge in [0.05, 0.1) is 13.1 Å². The van der Waals surface area contributed by atoms with Gasteiger partial charge < -0.3 is 10.2 Å². The third-order valence-electron chi connectivity index (χ3n) is 3.61. The highest BCUT2D eigenvalue weighted by Crippen LogP contribution is 2.13. The minimum Gasteiger partial charge on any atom is -0.333 e. The Bertz CT molecular complexity index is 432. The summed E-state index contributed by atoms with van der Waals surface area (Å²) in [6, 6.07) is 4.51. The van der Waals surface area contributed by atoms with Gasteiger partial charge in [0.15, 0.2) is 0 Å². The van der Waals surface area contributed by atoms with Crippen LogP contribution in [0.25, 0.3) is 0 Å². The largest absolute Gasteiger partial charge is 0.333 e. The molecule has 0 spiro atoms. The number of rotatable bonds is 6. The molecule has 0 unspecified atom stereocenters. The molecule has 1 fully saturated rings. The molecule has 0 aromatic carbocycles. The van der Waals surface area contributed by atoms with Crippen LogP contribution in [0.1, 0.15) is 11.8 Å². The van der Waals surface area contributed by atoms with Crippen molar-refractivity contribution in [3.63, 3.8) is 0 Å². The second kappa shape index (κ2) is 7.57. The van der Waals surface area contributed by atoms with Gasteiger partial charge in [-0.3, -0.25) is 9.69 Å². The van der Waals surface area contributed by atoms with E-state index in [1.807, 2.05) is 16.3 Å². The molecule has 1 aromatic rings. The molecule has 2 rings (SSSR count). The van der Waals surface area contributed by atoms with Crippen LogP contribution in [0.2, 0.25) is 0 Å². The fraction of sp³-hybridized carbons (Fsp3) is 0.533. The predicted octanol–water partition coefficient (Wildman–Crippen LogP) is 1.56. The summed E-state index contributed by atoms with van der Waals surface area (Å²) in [7, 11) is 0. The molecular weight excluding hydrogens is 270 g/mol. The normalized spacial score (nSPS) is 19.8. The first kappa shape index (κ1) is 15.2. The van der Waals surface area contributed by atoms with Gasteiger partial charge in [-0.25, -0.2) is 0 Å². The second-order valence-electron chi connectivity index (χ2n) is 5.17. The predicted molar refractivity (Wildman–Crippen MR) is 83.8 cm³/mol. The van der Waals surface area contributed by atoms with Crippen molar-refractivity contribution in [2.45, 2.75) is 19.5 Å². The molecule has 4 nitrogen and oxygen atoms in total. The second-order valence-corrected chi connectivity index (χ2v) is 6.20. The van der Waals surface area contributed by atoms with E-state index in [9.17, 15) is 4.79 Å². The summed E-state index contributed by atoms with van der Waals surface area (Å²) in [4.78, 5) is 17.8. The minimum absolute atomic E-state index is 0.187. The lowest BCUT2D eigenvalue weighted by Crippen LogP contribution is -2.53. The Morgan fingerprint density at radius 3 is 3.20 bits per heavy atom. The molecule has 0 bridgehead atoms. The van der Waals surface area contributed by atoms with E-state index < -0.39 is 0 Å². The van der Waals surface area contributed by atoms with Crippen LogP contribution in [0.5, 0.6) is 0 Å². The monoisotopic (exact) mass is 293 g/mol. The third-order valence-corrected chi connectivity index (χ3v) is 4.47. The van der Waals surface area contributed by atoms with Crippen LogP contribution in [0.4, 0.5) is 0 Å². The van der Waals surface area contributed by atoms with Crippen molar-refractivity contribution in [2.24, 2.45) is 0 Å². The summed E-state index contributed by atoms with van der Waals surface area (Å²) < 4.78 is 0. The molecule has 1 N–H and O–H groups in total. The third kappa shape index (κ3) is 4.16. The standard InChI is InChI=1S/C15H23N3OS/c1-3-7-18(11-14-5-4-9-20-14)15(19)12-17-8-6-16-10-13(17)2/h3-5,9,13,16H,1,6-8,10-12H2,2H3/t13-/m1/s1. The smallest absolute Gasteiger partial charge is 0.237 e. The van der Waals surface area contributed by atoms with Crippen molar-refractivity contribution < 1.29 is 4.79 Å². The van der Waals surface area contributed by atoms with Gasteiger partial charge in [0.2, 0.25) is 5.91 Å². The number of hydrogen-bond acceptors (Lipinski definition) is 4. The molecule has 1 aliphatic rings. The SMILES string of the molecule is C=CCN(Cc1cccs1)C(=O)CN1CCNC[C@H]1C. The summed E-state index contributed by atoms with van der Waals surface area (Å²) in [5, 5.41) is 5.39. The lowest BCUT2D eigenvalue weighted by Gasteiger charge is -2.34. The number of amides is 1. The number of nitrogens with one attached hydrogen (secondary N) is 1. The van der Waals surface area contributed by atoms with E-state index in [2.05, 4.69) is 29.8 Å². The summed E-state index contributed by atoms with van der Waals surface area (Å²) in [5.74, 6) is 0.187. The van der Waals surface area contributed by atoms with E-state index in [1.165, 1.54) is 4.88 Å². The number of nitrogens with zero attached hydrogens (tertiary/aromatic N) is 2. The van der Waals surface area contributed by atoms with Gasteiger partial charge in [0, 0.05) is 37.1 Å². The molecule has 0 radical (unpaired) electrons. The number of carbonyl (C=O) groups is 1. The highest BCUT2D eigenvalue weighted by Gasteiger charge is 2.22. The zero-order valence-electron chi connectivity index (χ0n) is 12.0. The van der Waals surface area contributed by atoms with Crippen molar-refractivity contribution in [3.8, 4) is 0 Å². The fourth-order valence-electron chi connectivity index (χ4n) is 2.39. The van der Waals surface area contributed by atoms with Gasteiger partial charge in [0.25, 0.3) is 0 Å². The van der Waals surface area contributed by atoms with Crippen molar-refractivity contribution in [3.05, 3.63) is 35.0 Å². The Morgan fingerprint density at radius 2 is 2.55 bits per heavy atom. The van der Waals surface area contributed by atoms with Crippen LogP contribution in [-0.4, -0.2) is 54.5 Å². The van der Waals surface area contributed by atoms with E-state index in [0.29, 0.717) is 25.7 Å². The van der Waals surface area contributed by atoms with Crippen LogP contribution < -0.4 is 5.32 Å². The van der Waals surface area contributed by atoms with Gasteiger partial charge >= 0.3 is 0 Å². The Labute approximate surface area is 125 Å². The lowest BCUT2D eigenvalue weighted by atomic mass is 10.2. The van der Waals surface area contributed by atoms with Crippen molar-refractivity contribution in [1.29, 1.82) is 0 Å². The Balaban J connectivity index is 1.93. The number of thiophene rings is 1. The summed E-state index contributed by atoms with van der Waals surface area (Å²) in [6.45, 7) is 10.6. The number of piperazine rings is 1. The molecule has 1 aromatic heterocycles. The molecule has 0 aliphatic carbocycles. The Kier molecular flexibility index (Phi) is 5.76. The zero-order valence-corrected chi connectivity index (χ0v) is 12.9. The minimum atomic E-state index is 0.187. The average Bonchev–Trinajstić information content (AvgIpc) is 2.94. The molecule has 20 heavy (non-hydrogen) atoms. The van der Waals surface area contributed by atoms with Gasteiger partial charge in [-0.05, 0) is 18.4 Å². The van der Waals surface area contributed by atoms with Crippen LogP contribution in [0, 0.1) is 0 Å². The molecular formula is C15H23N3OS. The molecule has 0 saturated carbocycles. The highest BCUT2D eigenvalue weighted by molar-refractivity contribution is 7.09. The summed E-state index contributed by atoms with van der Waals surface area (Å²) in [6.07, 6.45) is 1.80. The maximum Gasteiger partial charge on any atom is 0.237 e. The number of hydrogen-bond donors (Lipinski definition) is 1. The van der Waals surface area contributed by atoms with Gasteiger partial charge in [-0.1, -0.05) is 12.1 Å². The van der Waals surface area contributed by atoms with E-state index in [-0.39, 0.29) is 5.91 Å². The number of carbonyl (C=O) groups excluding carboxylic acids is 1. The molecule has 1 saturated heterocycles.